The average Bonchev–Trinajstić information content (AvgIpc) is 3.14. The van der Waals surface area contributed by atoms with Gasteiger partial charge >= 0.3 is 0 Å². The topological polar surface area (TPSA) is 67.2 Å². The van der Waals surface area contributed by atoms with Crippen LogP contribution in [-0.4, -0.2) is 39.4 Å². The predicted molar refractivity (Wildman–Crippen MR) is 121 cm³/mol. The minimum absolute atomic E-state index is 0.0150. The lowest BCUT2D eigenvalue weighted by Crippen LogP contribution is -2.40. The first-order valence-electron chi connectivity index (χ1n) is 11.1. The smallest absolute Gasteiger partial charge is 0.242 e. The van der Waals surface area contributed by atoms with Crippen molar-refractivity contribution in [3.63, 3.8) is 0 Å². The highest BCUT2D eigenvalue weighted by atomic mass is 16.2. The van der Waals surface area contributed by atoms with Gasteiger partial charge in [0.05, 0.1) is 17.6 Å². The van der Waals surface area contributed by atoms with E-state index in [9.17, 15) is 9.59 Å². The maximum Gasteiger partial charge on any atom is 0.242 e. The summed E-state index contributed by atoms with van der Waals surface area (Å²) >= 11 is 0. The van der Waals surface area contributed by atoms with Crippen LogP contribution < -0.4 is 5.32 Å². The van der Waals surface area contributed by atoms with E-state index in [0.29, 0.717) is 31.1 Å². The summed E-state index contributed by atoms with van der Waals surface area (Å²) in [5.41, 5.74) is 2.91. The summed E-state index contributed by atoms with van der Waals surface area (Å²) in [6.45, 7) is 4.44. The van der Waals surface area contributed by atoms with Crippen molar-refractivity contribution in [1.29, 1.82) is 0 Å². The van der Waals surface area contributed by atoms with E-state index in [0.717, 1.165) is 42.5 Å². The minimum Gasteiger partial charge on any atom is -0.349 e. The number of para-hydroxylation sites is 2. The molecule has 2 aromatic carbocycles. The number of nitrogens with one attached hydrogen (secondary N) is 1. The van der Waals surface area contributed by atoms with Crippen LogP contribution in [-0.2, 0) is 29.1 Å². The van der Waals surface area contributed by atoms with E-state index in [1.807, 2.05) is 64.1 Å². The number of nitrogens with zero attached hydrogens (tertiary/aromatic N) is 3. The number of aryl methyl sites for hydroxylation is 1. The number of imidazole rings is 1. The number of hydrogen-bond acceptors (Lipinski definition) is 3. The Balaban J connectivity index is 1.42. The number of aromatic nitrogens is 2. The van der Waals surface area contributed by atoms with Crippen LogP contribution in [0.25, 0.3) is 11.0 Å². The van der Waals surface area contributed by atoms with Gasteiger partial charge in [-0.05, 0) is 42.9 Å². The monoisotopic (exact) mass is 418 g/mol. The third-order valence-electron chi connectivity index (χ3n) is 6.09. The molecule has 0 bridgehead atoms. The number of amides is 2. The highest BCUT2D eigenvalue weighted by Gasteiger charge is 2.22. The molecule has 0 radical (unpaired) electrons. The lowest BCUT2D eigenvalue weighted by Gasteiger charge is -2.30. The van der Waals surface area contributed by atoms with Gasteiger partial charge in [0.15, 0.2) is 0 Å². The lowest BCUT2D eigenvalue weighted by molar-refractivity contribution is -0.133. The van der Waals surface area contributed by atoms with Gasteiger partial charge in [0.2, 0.25) is 11.8 Å². The van der Waals surface area contributed by atoms with Gasteiger partial charge in [0, 0.05) is 19.5 Å². The summed E-state index contributed by atoms with van der Waals surface area (Å²) in [7, 11) is 0. The molecule has 4 rings (SSSR count). The third-order valence-corrected chi connectivity index (χ3v) is 6.09. The predicted octanol–water partition coefficient (Wildman–Crippen LogP) is 3.54. The Labute approximate surface area is 183 Å². The Morgan fingerprint density at radius 1 is 1.03 bits per heavy atom. The maximum absolute atomic E-state index is 13.0. The van der Waals surface area contributed by atoms with Crippen LogP contribution in [0, 0.1) is 5.92 Å². The van der Waals surface area contributed by atoms with Gasteiger partial charge in [-0.2, -0.15) is 0 Å². The first-order valence-corrected chi connectivity index (χ1v) is 11.1. The molecule has 31 heavy (non-hydrogen) atoms. The zero-order valence-corrected chi connectivity index (χ0v) is 18.1. The molecule has 1 aliphatic rings. The highest BCUT2D eigenvalue weighted by molar-refractivity contribution is 5.81. The fraction of sp³-hybridized carbons (Fsp3) is 0.400. The average molecular weight is 419 g/mol. The molecule has 6 heteroatoms. The molecule has 1 fully saturated rings. The molecule has 0 aliphatic carbocycles. The fourth-order valence-electron chi connectivity index (χ4n) is 4.10. The fourth-order valence-corrected chi connectivity index (χ4v) is 4.10. The second kappa shape index (κ2) is 9.77. The van der Waals surface area contributed by atoms with Crippen LogP contribution in [0.15, 0.2) is 54.6 Å². The maximum atomic E-state index is 13.0. The number of hydrogen-bond donors (Lipinski definition) is 1. The van der Waals surface area contributed by atoms with Crippen molar-refractivity contribution in [2.75, 3.05) is 13.1 Å². The van der Waals surface area contributed by atoms with Gasteiger partial charge in [-0.25, -0.2) is 4.98 Å². The minimum atomic E-state index is -0.0150. The van der Waals surface area contributed by atoms with E-state index in [4.69, 9.17) is 4.98 Å². The number of rotatable bonds is 7. The third kappa shape index (κ3) is 5.32. The summed E-state index contributed by atoms with van der Waals surface area (Å²) in [5, 5.41) is 2.98. The Morgan fingerprint density at radius 2 is 1.74 bits per heavy atom. The van der Waals surface area contributed by atoms with Crippen LogP contribution in [0.1, 0.15) is 37.6 Å². The molecule has 0 saturated carbocycles. The molecule has 2 amide bonds. The first-order chi connectivity index (χ1) is 15.1. The van der Waals surface area contributed by atoms with Gasteiger partial charge in [0.1, 0.15) is 12.4 Å². The van der Waals surface area contributed by atoms with Crippen molar-refractivity contribution < 1.29 is 9.59 Å². The number of fused-ring (bicyclic) bond motifs is 1. The number of benzene rings is 2. The molecule has 0 atom stereocenters. The van der Waals surface area contributed by atoms with Crippen LogP contribution in [0.2, 0.25) is 0 Å². The molecule has 1 aliphatic heterocycles. The van der Waals surface area contributed by atoms with Crippen LogP contribution >= 0.6 is 0 Å². The summed E-state index contributed by atoms with van der Waals surface area (Å²) in [6.07, 6.45) is 3.24. The lowest BCUT2D eigenvalue weighted by atomic mass is 9.99. The number of piperidine rings is 1. The van der Waals surface area contributed by atoms with Gasteiger partial charge in [0.25, 0.3) is 0 Å². The van der Waals surface area contributed by atoms with Crippen molar-refractivity contribution >= 4 is 22.8 Å². The molecule has 3 aromatic rings. The van der Waals surface area contributed by atoms with E-state index >= 15 is 0 Å². The Hall–Kier alpha value is -3.15. The quantitative estimate of drug-likeness (QED) is 0.638. The number of carbonyl (C=O) groups is 2. The second-order valence-corrected chi connectivity index (χ2v) is 8.43. The van der Waals surface area contributed by atoms with E-state index < -0.39 is 0 Å². The van der Waals surface area contributed by atoms with E-state index in [1.165, 1.54) is 0 Å². The summed E-state index contributed by atoms with van der Waals surface area (Å²) in [5.74, 6) is 1.50. The van der Waals surface area contributed by atoms with Gasteiger partial charge in [-0.1, -0.05) is 49.4 Å². The van der Waals surface area contributed by atoms with Crippen molar-refractivity contribution in [2.24, 2.45) is 5.92 Å². The largest absolute Gasteiger partial charge is 0.349 e. The van der Waals surface area contributed by atoms with Crippen molar-refractivity contribution in [2.45, 2.75) is 45.7 Å². The van der Waals surface area contributed by atoms with Gasteiger partial charge < -0.3 is 14.8 Å². The molecule has 0 spiro atoms. The molecule has 162 valence electrons. The molecule has 1 N–H and O–H groups in total. The number of carbonyl (C=O) groups excluding carboxylic acids is 2. The standard InChI is InChI=1S/C25H30N4O2/c1-19-13-15-28(16-14-19)25(31)18-29-22-10-6-5-9-21(22)27-23(29)17-26-24(30)12-11-20-7-3-2-4-8-20/h2-10,19H,11-18H2,1H3,(H,26,30). The van der Waals surface area contributed by atoms with Crippen LogP contribution in [0.4, 0.5) is 0 Å². The zero-order valence-electron chi connectivity index (χ0n) is 18.1. The molecular formula is C25H30N4O2. The van der Waals surface area contributed by atoms with E-state index in [-0.39, 0.29) is 18.4 Å². The Kier molecular flexibility index (Phi) is 6.65. The van der Waals surface area contributed by atoms with Crippen LogP contribution in [0.3, 0.4) is 0 Å². The molecule has 2 heterocycles. The highest BCUT2D eigenvalue weighted by Crippen LogP contribution is 2.19. The zero-order chi connectivity index (χ0) is 21.6. The van der Waals surface area contributed by atoms with Crippen molar-refractivity contribution in [3.05, 3.63) is 66.0 Å². The molecule has 6 nitrogen and oxygen atoms in total. The SMILES string of the molecule is CC1CCN(C(=O)Cn2c(CNC(=O)CCc3ccccc3)nc3ccccc32)CC1. The molecule has 1 saturated heterocycles. The normalized spacial score (nSPS) is 14.7. The van der Waals surface area contributed by atoms with Crippen molar-refractivity contribution in [3.8, 4) is 0 Å². The number of likely N-dealkylation sites (tertiary alicyclic amines) is 1. The van der Waals surface area contributed by atoms with Crippen molar-refractivity contribution in [1.82, 2.24) is 19.8 Å². The van der Waals surface area contributed by atoms with Crippen LogP contribution in [0.5, 0.6) is 0 Å². The molecule has 1 aromatic heterocycles. The van der Waals surface area contributed by atoms with Gasteiger partial charge in [-0.3, -0.25) is 9.59 Å². The molecule has 0 unspecified atom stereocenters. The summed E-state index contributed by atoms with van der Waals surface area (Å²) in [4.78, 5) is 32.0. The summed E-state index contributed by atoms with van der Waals surface area (Å²) in [6, 6.07) is 17.8. The second-order valence-electron chi connectivity index (χ2n) is 8.43. The van der Waals surface area contributed by atoms with Gasteiger partial charge in [-0.15, -0.1) is 0 Å². The van der Waals surface area contributed by atoms with E-state index in [2.05, 4.69) is 12.2 Å². The van der Waals surface area contributed by atoms with E-state index in [1.54, 1.807) is 0 Å². The summed E-state index contributed by atoms with van der Waals surface area (Å²) < 4.78 is 1.95. The Bertz CT molecular complexity index is 1040. The Morgan fingerprint density at radius 3 is 2.52 bits per heavy atom. The first kappa shape index (κ1) is 21.1. The molecular weight excluding hydrogens is 388 g/mol.